The molecule has 0 spiro atoms. The van der Waals surface area contributed by atoms with Crippen molar-refractivity contribution in [2.45, 2.75) is 45.7 Å². The Labute approximate surface area is 174 Å². The molecule has 0 atom stereocenters. The van der Waals surface area contributed by atoms with Crippen molar-refractivity contribution in [3.05, 3.63) is 59.0 Å². The molecule has 1 heterocycles. The third kappa shape index (κ3) is 4.30. The number of fused-ring (bicyclic) bond motifs is 1. The lowest BCUT2D eigenvalue weighted by Gasteiger charge is -2.08. The first-order chi connectivity index (χ1) is 14.6. The van der Waals surface area contributed by atoms with E-state index in [9.17, 15) is 14.4 Å². The summed E-state index contributed by atoms with van der Waals surface area (Å²) in [6.45, 7) is 3.01. The largest absolute Gasteiger partial charge is 0.329 e. The number of carbonyl (C=O) groups is 2. The molecule has 1 aliphatic carbocycles. The van der Waals surface area contributed by atoms with E-state index in [4.69, 9.17) is 0 Å². The van der Waals surface area contributed by atoms with Crippen LogP contribution < -0.4 is 16.3 Å². The van der Waals surface area contributed by atoms with E-state index in [2.05, 4.69) is 10.6 Å². The van der Waals surface area contributed by atoms with Crippen LogP contribution in [-0.2, 0) is 22.7 Å². The third-order valence-corrected chi connectivity index (χ3v) is 5.32. The number of benzene rings is 2. The van der Waals surface area contributed by atoms with Crippen LogP contribution in [0.15, 0.2) is 53.3 Å². The molecule has 1 fully saturated rings. The molecule has 2 amide bonds. The van der Waals surface area contributed by atoms with E-state index in [1.54, 1.807) is 33.4 Å². The van der Waals surface area contributed by atoms with Gasteiger partial charge in [0, 0.05) is 36.8 Å². The van der Waals surface area contributed by atoms with Crippen molar-refractivity contribution in [1.29, 1.82) is 0 Å². The fourth-order valence-electron chi connectivity index (χ4n) is 3.59. The number of aryl methyl sites for hydroxylation is 2. The highest BCUT2D eigenvalue weighted by Gasteiger charge is 2.29. The summed E-state index contributed by atoms with van der Waals surface area (Å²) in [7, 11) is 0. The molecule has 0 radical (unpaired) electrons. The van der Waals surface area contributed by atoms with Crippen LogP contribution in [0.2, 0.25) is 0 Å². The topological polar surface area (TPSA) is 85.1 Å². The molecule has 0 saturated heterocycles. The minimum absolute atomic E-state index is 0.0551. The lowest BCUT2D eigenvalue weighted by Crippen LogP contribution is -2.26. The third-order valence-electron chi connectivity index (χ3n) is 5.32. The molecular weight excluding hydrogens is 380 g/mol. The molecule has 1 saturated carbocycles. The van der Waals surface area contributed by atoms with Crippen LogP contribution in [0.25, 0.3) is 11.0 Å². The van der Waals surface area contributed by atoms with Crippen LogP contribution in [0, 0.1) is 5.92 Å². The normalized spacial score (nSPS) is 13.4. The maximum absolute atomic E-state index is 12.8. The molecule has 1 aliphatic rings. The second-order valence-corrected chi connectivity index (χ2v) is 7.71. The standard InChI is InChI=1S/C23H26N4O3/c1-2-14-26-19-5-3-4-6-20(19)27(23(26)30)15-13-21(28)24-17-9-11-18(12-10-17)25-22(29)16-7-8-16/h3-6,9-12,16H,2,7-8,13-15H2,1H3,(H,24,28)(H,25,29). The minimum Gasteiger partial charge on any atom is -0.326 e. The second-order valence-electron chi connectivity index (χ2n) is 7.71. The molecule has 4 rings (SSSR count). The van der Waals surface area contributed by atoms with Crippen LogP contribution in [-0.4, -0.2) is 20.9 Å². The summed E-state index contributed by atoms with van der Waals surface area (Å²) in [5, 5.41) is 5.73. The van der Waals surface area contributed by atoms with E-state index >= 15 is 0 Å². The van der Waals surface area contributed by atoms with Gasteiger partial charge in [-0.25, -0.2) is 4.79 Å². The number of aromatic nitrogens is 2. The van der Waals surface area contributed by atoms with E-state index in [1.807, 2.05) is 31.2 Å². The second kappa shape index (κ2) is 8.57. The maximum atomic E-state index is 12.8. The van der Waals surface area contributed by atoms with Crippen molar-refractivity contribution >= 4 is 34.2 Å². The fourth-order valence-corrected chi connectivity index (χ4v) is 3.59. The summed E-state index contributed by atoms with van der Waals surface area (Å²) in [6, 6.07) is 14.7. The number of hydrogen-bond acceptors (Lipinski definition) is 3. The number of hydrogen-bond donors (Lipinski definition) is 2. The van der Waals surface area contributed by atoms with Crippen molar-refractivity contribution in [2.75, 3.05) is 10.6 Å². The van der Waals surface area contributed by atoms with Gasteiger partial charge in [-0.3, -0.25) is 18.7 Å². The monoisotopic (exact) mass is 406 g/mol. The van der Waals surface area contributed by atoms with Crippen molar-refractivity contribution in [3.63, 3.8) is 0 Å². The van der Waals surface area contributed by atoms with E-state index < -0.39 is 0 Å². The van der Waals surface area contributed by atoms with Gasteiger partial charge in [0.25, 0.3) is 0 Å². The summed E-state index contributed by atoms with van der Waals surface area (Å²) in [4.78, 5) is 37.0. The molecule has 0 aliphatic heterocycles. The smallest absolute Gasteiger partial charge is 0.326 e. The Kier molecular flexibility index (Phi) is 5.70. The molecule has 7 heteroatoms. The Morgan fingerprint density at radius 1 is 0.900 bits per heavy atom. The highest BCUT2D eigenvalue weighted by molar-refractivity contribution is 5.95. The highest BCUT2D eigenvalue weighted by Crippen LogP contribution is 2.30. The van der Waals surface area contributed by atoms with Gasteiger partial charge in [0.1, 0.15) is 0 Å². The maximum Gasteiger partial charge on any atom is 0.329 e. The summed E-state index contributed by atoms with van der Waals surface area (Å²) < 4.78 is 3.43. The number of para-hydroxylation sites is 2. The van der Waals surface area contributed by atoms with Gasteiger partial charge in [-0.1, -0.05) is 19.1 Å². The molecule has 1 aromatic heterocycles. The van der Waals surface area contributed by atoms with Crippen LogP contribution in [0.5, 0.6) is 0 Å². The van der Waals surface area contributed by atoms with Gasteiger partial charge in [-0.05, 0) is 55.7 Å². The zero-order valence-corrected chi connectivity index (χ0v) is 17.1. The van der Waals surface area contributed by atoms with E-state index in [-0.39, 0.29) is 29.8 Å². The number of amides is 2. The molecule has 156 valence electrons. The molecular formula is C23H26N4O3. The van der Waals surface area contributed by atoms with Crippen LogP contribution in [0.4, 0.5) is 11.4 Å². The molecule has 30 heavy (non-hydrogen) atoms. The lowest BCUT2D eigenvalue weighted by molar-refractivity contribution is -0.117. The van der Waals surface area contributed by atoms with Crippen molar-refractivity contribution in [1.82, 2.24) is 9.13 Å². The zero-order valence-electron chi connectivity index (χ0n) is 17.1. The van der Waals surface area contributed by atoms with Gasteiger partial charge in [0.05, 0.1) is 11.0 Å². The van der Waals surface area contributed by atoms with Gasteiger partial charge >= 0.3 is 5.69 Å². The number of carbonyl (C=O) groups excluding carboxylic acids is 2. The van der Waals surface area contributed by atoms with Crippen molar-refractivity contribution in [3.8, 4) is 0 Å². The number of anilines is 2. The fraction of sp³-hybridized carbons (Fsp3) is 0.348. The van der Waals surface area contributed by atoms with Gasteiger partial charge < -0.3 is 10.6 Å². The number of nitrogens with zero attached hydrogens (tertiary/aromatic N) is 2. The van der Waals surface area contributed by atoms with Gasteiger partial charge in [-0.15, -0.1) is 0 Å². The Morgan fingerprint density at radius 2 is 1.47 bits per heavy atom. The average Bonchev–Trinajstić information content (AvgIpc) is 3.56. The molecule has 3 aromatic rings. The van der Waals surface area contributed by atoms with Crippen molar-refractivity contribution in [2.24, 2.45) is 5.92 Å². The number of rotatable bonds is 8. The number of nitrogens with one attached hydrogen (secondary N) is 2. The van der Waals surface area contributed by atoms with Crippen LogP contribution in [0.1, 0.15) is 32.6 Å². The van der Waals surface area contributed by atoms with Gasteiger partial charge in [0.15, 0.2) is 0 Å². The molecule has 2 N–H and O–H groups in total. The molecule has 0 bridgehead atoms. The summed E-state index contributed by atoms with van der Waals surface area (Å²) in [5.41, 5.74) is 3.04. The Bertz CT molecular complexity index is 1120. The quantitative estimate of drug-likeness (QED) is 0.599. The van der Waals surface area contributed by atoms with Crippen molar-refractivity contribution < 1.29 is 9.59 Å². The molecule has 2 aromatic carbocycles. The van der Waals surface area contributed by atoms with E-state index in [0.717, 1.165) is 36.0 Å². The van der Waals surface area contributed by atoms with Gasteiger partial charge in [-0.2, -0.15) is 0 Å². The van der Waals surface area contributed by atoms with E-state index in [1.165, 1.54) is 0 Å². The Morgan fingerprint density at radius 3 is 2.03 bits per heavy atom. The number of imidazole rings is 1. The predicted molar refractivity (Wildman–Crippen MR) is 118 cm³/mol. The lowest BCUT2D eigenvalue weighted by atomic mass is 10.2. The Balaban J connectivity index is 1.38. The first-order valence-electron chi connectivity index (χ1n) is 10.5. The zero-order chi connectivity index (χ0) is 21.1. The SMILES string of the molecule is CCCn1c(=O)n(CCC(=O)Nc2ccc(NC(=O)C3CC3)cc2)c2ccccc21. The first kappa shape index (κ1) is 19.9. The molecule has 7 nitrogen and oxygen atoms in total. The van der Waals surface area contributed by atoms with Crippen LogP contribution in [0.3, 0.4) is 0 Å². The predicted octanol–water partition coefficient (Wildman–Crippen LogP) is 3.59. The first-order valence-corrected chi connectivity index (χ1v) is 10.5. The summed E-state index contributed by atoms with van der Waals surface area (Å²) >= 11 is 0. The highest BCUT2D eigenvalue weighted by atomic mass is 16.2. The Hall–Kier alpha value is -3.35. The minimum atomic E-state index is -0.163. The van der Waals surface area contributed by atoms with Gasteiger partial charge in [0.2, 0.25) is 11.8 Å². The van der Waals surface area contributed by atoms with E-state index in [0.29, 0.717) is 18.8 Å². The van der Waals surface area contributed by atoms with Crippen LogP contribution >= 0.6 is 0 Å². The average molecular weight is 406 g/mol. The molecule has 0 unspecified atom stereocenters. The summed E-state index contributed by atoms with van der Waals surface area (Å²) in [6.07, 6.45) is 2.98. The summed E-state index contributed by atoms with van der Waals surface area (Å²) in [5.74, 6) is 0.0412.